The average Bonchev–Trinajstić information content (AvgIpc) is 2.57. The smallest absolute Gasteiger partial charge is 0.282 e. The van der Waals surface area contributed by atoms with Crippen molar-refractivity contribution in [1.29, 1.82) is 0 Å². The van der Waals surface area contributed by atoms with Crippen LogP contribution < -0.4 is 14.9 Å². The Morgan fingerprint density at radius 1 is 1.25 bits per heavy atom. The van der Waals surface area contributed by atoms with Crippen LogP contribution in [0.4, 0.5) is 11.4 Å². The van der Waals surface area contributed by atoms with E-state index in [4.69, 9.17) is 9.47 Å². The Morgan fingerprint density at radius 3 is 2.54 bits per heavy atom. The molecule has 2 rings (SSSR count). The first-order valence-electron chi connectivity index (χ1n) is 7.40. The molecule has 0 fully saturated rings. The number of aryl methyl sites for hydroxylation is 1. The van der Waals surface area contributed by atoms with Crippen molar-refractivity contribution in [3.63, 3.8) is 0 Å². The van der Waals surface area contributed by atoms with Crippen LogP contribution in [0.1, 0.15) is 18.1 Å². The van der Waals surface area contributed by atoms with Gasteiger partial charge < -0.3 is 9.47 Å². The van der Waals surface area contributed by atoms with Gasteiger partial charge in [0.2, 0.25) is 0 Å². The lowest BCUT2D eigenvalue weighted by molar-refractivity contribution is -0.385. The van der Waals surface area contributed by atoms with Gasteiger partial charge in [-0.2, -0.15) is 5.10 Å². The minimum Gasteiger partial charge on any atom is -0.493 e. The fraction of sp³-hybridized carbons (Fsp3) is 0.235. The molecule has 2 aromatic carbocycles. The molecule has 0 atom stereocenters. The zero-order valence-corrected chi connectivity index (χ0v) is 13.8. The predicted molar refractivity (Wildman–Crippen MR) is 93.2 cm³/mol. The maximum absolute atomic E-state index is 11.3. The summed E-state index contributed by atoms with van der Waals surface area (Å²) in [7, 11) is 1.44. The van der Waals surface area contributed by atoms with E-state index in [2.05, 4.69) is 10.5 Å². The highest BCUT2D eigenvalue weighted by Crippen LogP contribution is 2.34. The number of rotatable bonds is 7. The Balaban J connectivity index is 2.29. The Bertz CT molecular complexity index is 742. The zero-order valence-electron chi connectivity index (χ0n) is 13.8. The van der Waals surface area contributed by atoms with Gasteiger partial charge in [0, 0.05) is 0 Å². The molecule has 1 N–H and O–H groups in total. The average molecular weight is 329 g/mol. The van der Waals surface area contributed by atoms with E-state index in [1.165, 1.54) is 19.4 Å². The molecule has 0 radical (unpaired) electrons. The monoisotopic (exact) mass is 329 g/mol. The van der Waals surface area contributed by atoms with Gasteiger partial charge in [0.15, 0.2) is 11.5 Å². The fourth-order valence-electron chi connectivity index (χ4n) is 2.06. The Hall–Kier alpha value is -3.09. The highest BCUT2D eigenvalue weighted by atomic mass is 16.6. The molecule has 0 bridgehead atoms. The van der Waals surface area contributed by atoms with Gasteiger partial charge in [0.1, 0.15) is 0 Å². The SMILES string of the molecule is CCOc1cc(C=NNc2ccc(C)cc2)c([N+](=O)[O-])cc1OC. The fourth-order valence-corrected chi connectivity index (χ4v) is 2.06. The second kappa shape index (κ2) is 7.96. The number of hydrogen-bond acceptors (Lipinski definition) is 6. The van der Waals surface area contributed by atoms with E-state index in [-0.39, 0.29) is 5.69 Å². The molecule has 0 heterocycles. The molecular weight excluding hydrogens is 310 g/mol. The highest BCUT2D eigenvalue weighted by molar-refractivity contribution is 5.87. The maximum atomic E-state index is 11.3. The summed E-state index contributed by atoms with van der Waals surface area (Å²) in [6.07, 6.45) is 1.39. The van der Waals surface area contributed by atoms with Crippen LogP contribution in [0.2, 0.25) is 0 Å². The summed E-state index contributed by atoms with van der Waals surface area (Å²) in [5.41, 5.74) is 4.98. The van der Waals surface area contributed by atoms with Crippen molar-refractivity contribution in [2.24, 2.45) is 5.10 Å². The molecule has 24 heavy (non-hydrogen) atoms. The Labute approximate surface area is 140 Å². The normalized spacial score (nSPS) is 10.6. The van der Waals surface area contributed by atoms with Crippen molar-refractivity contribution < 1.29 is 14.4 Å². The third-order valence-electron chi connectivity index (χ3n) is 3.26. The summed E-state index contributed by atoms with van der Waals surface area (Å²) >= 11 is 0. The number of nitro benzene ring substituents is 1. The third-order valence-corrected chi connectivity index (χ3v) is 3.26. The number of benzene rings is 2. The van der Waals surface area contributed by atoms with Gasteiger partial charge in [0.25, 0.3) is 5.69 Å². The quantitative estimate of drug-likeness (QED) is 0.475. The van der Waals surface area contributed by atoms with Crippen molar-refractivity contribution in [2.45, 2.75) is 13.8 Å². The lowest BCUT2D eigenvalue weighted by Gasteiger charge is -2.10. The van der Waals surface area contributed by atoms with E-state index >= 15 is 0 Å². The molecule has 0 saturated heterocycles. The summed E-state index contributed by atoms with van der Waals surface area (Å²) in [6, 6.07) is 10.5. The summed E-state index contributed by atoms with van der Waals surface area (Å²) in [4.78, 5) is 10.8. The molecule has 126 valence electrons. The van der Waals surface area contributed by atoms with Crippen molar-refractivity contribution in [2.75, 3.05) is 19.1 Å². The molecule has 0 amide bonds. The number of nitrogens with one attached hydrogen (secondary N) is 1. The van der Waals surface area contributed by atoms with Gasteiger partial charge in [-0.1, -0.05) is 17.7 Å². The van der Waals surface area contributed by atoms with E-state index in [1.807, 2.05) is 38.1 Å². The first kappa shape index (κ1) is 17.3. The van der Waals surface area contributed by atoms with Crippen molar-refractivity contribution >= 4 is 17.6 Å². The molecule has 0 aromatic heterocycles. The second-order valence-corrected chi connectivity index (χ2v) is 4.99. The topological polar surface area (TPSA) is 86.0 Å². The molecular formula is C17H19N3O4. The number of hydrogen-bond donors (Lipinski definition) is 1. The highest BCUT2D eigenvalue weighted by Gasteiger charge is 2.18. The van der Waals surface area contributed by atoms with Crippen LogP contribution in [0.25, 0.3) is 0 Å². The molecule has 0 saturated carbocycles. The van der Waals surface area contributed by atoms with Crippen LogP contribution >= 0.6 is 0 Å². The molecule has 0 aliphatic heterocycles. The number of nitro groups is 1. The van der Waals surface area contributed by atoms with Crippen LogP contribution in [-0.2, 0) is 0 Å². The van der Waals surface area contributed by atoms with E-state index < -0.39 is 4.92 Å². The maximum Gasteiger partial charge on any atom is 0.282 e. The number of hydrazone groups is 1. The van der Waals surface area contributed by atoms with E-state index in [0.717, 1.165) is 11.3 Å². The Morgan fingerprint density at radius 2 is 1.96 bits per heavy atom. The van der Waals surface area contributed by atoms with Crippen LogP contribution in [0.5, 0.6) is 11.5 Å². The van der Waals surface area contributed by atoms with Crippen LogP contribution in [0, 0.1) is 17.0 Å². The van der Waals surface area contributed by atoms with Gasteiger partial charge in [0.05, 0.1) is 42.2 Å². The molecule has 0 aliphatic rings. The van der Waals surface area contributed by atoms with Gasteiger partial charge in [-0.3, -0.25) is 15.5 Å². The van der Waals surface area contributed by atoms with Crippen LogP contribution in [0.15, 0.2) is 41.5 Å². The van der Waals surface area contributed by atoms with Gasteiger partial charge >= 0.3 is 0 Å². The largest absolute Gasteiger partial charge is 0.493 e. The lowest BCUT2D eigenvalue weighted by Crippen LogP contribution is -2.01. The van der Waals surface area contributed by atoms with Crippen molar-refractivity contribution in [1.82, 2.24) is 0 Å². The number of ether oxygens (including phenoxy) is 2. The molecule has 0 spiro atoms. The molecule has 7 heteroatoms. The zero-order chi connectivity index (χ0) is 17.5. The first-order chi connectivity index (χ1) is 11.5. The van der Waals surface area contributed by atoms with E-state index in [0.29, 0.717) is 23.7 Å². The predicted octanol–water partition coefficient (Wildman–Crippen LogP) is 3.76. The summed E-state index contributed by atoms with van der Waals surface area (Å²) in [6.45, 7) is 4.24. The minimum absolute atomic E-state index is 0.107. The van der Waals surface area contributed by atoms with Gasteiger partial charge in [-0.25, -0.2) is 0 Å². The number of anilines is 1. The van der Waals surface area contributed by atoms with Crippen molar-refractivity contribution in [3.8, 4) is 11.5 Å². The standard InChI is InChI=1S/C17H19N3O4/c1-4-24-17-9-13(15(20(21)22)10-16(17)23-3)11-18-19-14-7-5-12(2)6-8-14/h5-11,19H,4H2,1-3H3. The van der Waals surface area contributed by atoms with E-state index in [1.54, 1.807) is 6.07 Å². The first-order valence-corrected chi connectivity index (χ1v) is 7.40. The number of methoxy groups -OCH3 is 1. The molecule has 2 aromatic rings. The molecule has 0 unspecified atom stereocenters. The van der Waals surface area contributed by atoms with Crippen LogP contribution in [0.3, 0.4) is 0 Å². The molecule has 0 aliphatic carbocycles. The summed E-state index contributed by atoms with van der Waals surface area (Å²) in [5, 5.41) is 15.3. The van der Waals surface area contributed by atoms with E-state index in [9.17, 15) is 10.1 Å². The second-order valence-electron chi connectivity index (χ2n) is 4.99. The summed E-state index contributed by atoms with van der Waals surface area (Å²) in [5.74, 6) is 0.745. The number of nitrogens with zero attached hydrogens (tertiary/aromatic N) is 2. The summed E-state index contributed by atoms with van der Waals surface area (Å²) < 4.78 is 10.6. The Kier molecular flexibility index (Phi) is 5.73. The minimum atomic E-state index is -0.481. The third kappa shape index (κ3) is 4.22. The van der Waals surface area contributed by atoms with Crippen LogP contribution in [-0.4, -0.2) is 24.9 Å². The lowest BCUT2D eigenvalue weighted by atomic mass is 10.1. The van der Waals surface area contributed by atoms with Gasteiger partial charge in [-0.15, -0.1) is 0 Å². The van der Waals surface area contributed by atoms with Gasteiger partial charge in [-0.05, 0) is 32.0 Å². The molecule has 7 nitrogen and oxygen atoms in total. The van der Waals surface area contributed by atoms with Crippen molar-refractivity contribution in [3.05, 3.63) is 57.6 Å².